The first-order chi connectivity index (χ1) is 7.81. The maximum absolute atomic E-state index is 5.93. The molecule has 1 heterocycles. The maximum atomic E-state index is 5.93. The Morgan fingerprint density at radius 1 is 1.44 bits per heavy atom. The van der Waals surface area contributed by atoms with Crippen LogP contribution in [0.15, 0.2) is 17.0 Å². The van der Waals surface area contributed by atoms with Crippen molar-refractivity contribution in [3.63, 3.8) is 0 Å². The Hall–Kier alpha value is -0.680. The van der Waals surface area contributed by atoms with Crippen molar-refractivity contribution in [1.82, 2.24) is 15.3 Å². The minimum absolute atomic E-state index is 0.213. The third kappa shape index (κ3) is 2.71. The molecule has 0 aliphatic heterocycles. The summed E-state index contributed by atoms with van der Waals surface area (Å²) in [7, 11) is 1.99. The summed E-state index contributed by atoms with van der Waals surface area (Å²) in [5.41, 5.74) is 0. The second kappa shape index (κ2) is 5.59. The smallest absolute Gasteiger partial charge is 0.231 e. The van der Waals surface area contributed by atoms with Crippen molar-refractivity contribution in [2.24, 2.45) is 0 Å². The Bertz CT molecular complexity index is 348. The molecule has 0 saturated heterocycles. The van der Waals surface area contributed by atoms with E-state index in [2.05, 4.69) is 31.2 Å². The fraction of sp³-hybridized carbons (Fsp3) is 0.636. The van der Waals surface area contributed by atoms with E-state index in [-0.39, 0.29) is 6.10 Å². The molecule has 2 rings (SSSR count). The van der Waals surface area contributed by atoms with Gasteiger partial charge < -0.3 is 10.1 Å². The molecule has 0 aromatic carbocycles. The van der Waals surface area contributed by atoms with Crippen molar-refractivity contribution < 1.29 is 4.74 Å². The summed E-state index contributed by atoms with van der Waals surface area (Å²) in [4.78, 5) is 8.06. The van der Waals surface area contributed by atoms with Crippen LogP contribution in [0.1, 0.15) is 25.7 Å². The number of halogens is 1. The summed E-state index contributed by atoms with van der Waals surface area (Å²) in [6.45, 7) is 0. The topological polar surface area (TPSA) is 47.0 Å². The van der Waals surface area contributed by atoms with Crippen LogP contribution >= 0.6 is 15.9 Å². The Morgan fingerprint density at radius 3 is 3.00 bits per heavy atom. The summed E-state index contributed by atoms with van der Waals surface area (Å²) in [5.74, 6) is 0.641. The van der Waals surface area contributed by atoms with Crippen LogP contribution in [-0.4, -0.2) is 29.2 Å². The second-order valence-electron chi connectivity index (χ2n) is 4.01. The minimum atomic E-state index is 0.213. The van der Waals surface area contributed by atoms with Crippen LogP contribution in [-0.2, 0) is 0 Å². The first-order valence-corrected chi connectivity index (χ1v) is 6.40. The number of likely N-dealkylation sites (N-methyl/N-ethyl adjacent to an activating group) is 1. The SMILES string of the molecule is CNC1CCCCC1Oc1ncncc1Br. The Kier molecular flexibility index (Phi) is 4.12. The first-order valence-electron chi connectivity index (χ1n) is 5.60. The zero-order valence-electron chi connectivity index (χ0n) is 9.32. The van der Waals surface area contributed by atoms with Gasteiger partial charge in [-0.25, -0.2) is 9.97 Å². The molecular weight excluding hydrogens is 270 g/mol. The van der Waals surface area contributed by atoms with Gasteiger partial charge in [-0.3, -0.25) is 0 Å². The highest BCUT2D eigenvalue weighted by Gasteiger charge is 2.26. The van der Waals surface area contributed by atoms with Crippen LogP contribution in [0.5, 0.6) is 5.88 Å². The van der Waals surface area contributed by atoms with E-state index in [1.54, 1.807) is 6.20 Å². The lowest BCUT2D eigenvalue weighted by atomic mass is 9.92. The zero-order valence-corrected chi connectivity index (χ0v) is 10.9. The molecule has 2 unspecified atom stereocenters. The number of nitrogens with zero attached hydrogens (tertiary/aromatic N) is 2. The summed E-state index contributed by atoms with van der Waals surface area (Å²) < 4.78 is 6.74. The number of aromatic nitrogens is 2. The number of rotatable bonds is 3. The normalized spacial score (nSPS) is 25.4. The van der Waals surface area contributed by atoms with Gasteiger partial charge >= 0.3 is 0 Å². The third-order valence-electron chi connectivity index (χ3n) is 2.97. The van der Waals surface area contributed by atoms with Crippen LogP contribution in [0.25, 0.3) is 0 Å². The molecule has 0 radical (unpaired) electrons. The summed E-state index contributed by atoms with van der Waals surface area (Å²) >= 11 is 3.39. The van der Waals surface area contributed by atoms with Gasteiger partial charge in [0.05, 0.1) is 4.47 Å². The molecule has 1 saturated carbocycles. The van der Waals surface area contributed by atoms with E-state index in [1.807, 2.05) is 7.05 Å². The maximum Gasteiger partial charge on any atom is 0.231 e. The average molecular weight is 286 g/mol. The van der Waals surface area contributed by atoms with Crippen molar-refractivity contribution in [3.05, 3.63) is 17.0 Å². The van der Waals surface area contributed by atoms with E-state index in [4.69, 9.17) is 4.74 Å². The molecule has 1 N–H and O–H groups in total. The van der Waals surface area contributed by atoms with E-state index >= 15 is 0 Å². The van der Waals surface area contributed by atoms with Crippen molar-refractivity contribution in [3.8, 4) is 5.88 Å². The Labute approximate surface area is 104 Å². The molecular formula is C11H16BrN3O. The predicted octanol–water partition coefficient (Wildman–Crippen LogP) is 2.15. The predicted molar refractivity (Wildman–Crippen MR) is 65.5 cm³/mol. The number of ether oxygens (including phenoxy) is 1. The minimum Gasteiger partial charge on any atom is -0.472 e. The van der Waals surface area contributed by atoms with Crippen LogP contribution in [0, 0.1) is 0 Å². The van der Waals surface area contributed by atoms with E-state index in [9.17, 15) is 0 Å². The quantitative estimate of drug-likeness (QED) is 0.925. The van der Waals surface area contributed by atoms with Gasteiger partial charge in [0.15, 0.2) is 0 Å². The Balaban J connectivity index is 2.05. The highest BCUT2D eigenvalue weighted by molar-refractivity contribution is 9.10. The molecule has 1 aromatic heterocycles. The van der Waals surface area contributed by atoms with Gasteiger partial charge in [0.1, 0.15) is 12.4 Å². The molecule has 2 atom stereocenters. The van der Waals surface area contributed by atoms with Gasteiger partial charge in [-0.15, -0.1) is 0 Å². The fourth-order valence-corrected chi connectivity index (χ4v) is 2.41. The molecule has 1 fully saturated rings. The molecule has 0 spiro atoms. The number of hydrogen-bond acceptors (Lipinski definition) is 4. The van der Waals surface area contributed by atoms with Crippen molar-refractivity contribution >= 4 is 15.9 Å². The van der Waals surface area contributed by atoms with Gasteiger partial charge in [-0.05, 0) is 42.2 Å². The molecule has 88 valence electrons. The molecule has 1 aliphatic rings. The van der Waals surface area contributed by atoms with E-state index < -0.39 is 0 Å². The molecule has 1 aromatic rings. The van der Waals surface area contributed by atoms with Crippen LogP contribution in [0.4, 0.5) is 0 Å². The fourth-order valence-electron chi connectivity index (χ4n) is 2.10. The summed E-state index contributed by atoms with van der Waals surface area (Å²) in [6.07, 6.45) is 8.19. The summed E-state index contributed by atoms with van der Waals surface area (Å²) in [5, 5.41) is 3.31. The molecule has 16 heavy (non-hydrogen) atoms. The lowest BCUT2D eigenvalue weighted by Gasteiger charge is -2.31. The standard InChI is InChI=1S/C11H16BrN3O/c1-13-9-4-2-3-5-10(9)16-11-8(12)6-14-7-15-11/h6-7,9-10,13H,2-5H2,1H3. The largest absolute Gasteiger partial charge is 0.472 e. The van der Waals surface area contributed by atoms with Gasteiger partial charge in [-0.2, -0.15) is 0 Å². The lowest BCUT2D eigenvalue weighted by Crippen LogP contribution is -2.43. The highest BCUT2D eigenvalue weighted by Crippen LogP contribution is 2.26. The van der Waals surface area contributed by atoms with E-state index in [1.165, 1.54) is 25.6 Å². The number of nitrogens with one attached hydrogen (secondary N) is 1. The summed E-state index contributed by atoms with van der Waals surface area (Å²) in [6, 6.07) is 0.426. The second-order valence-corrected chi connectivity index (χ2v) is 4.87. The first kappa shape index (κ1) is 11.8. The van der Waals surface area contributed by atoms with Gasteiger partial charge in [0.2, 0.25) is 5.88 Å². The van der Waals surface area contributed by atoms with Crippen molar-refractivity contribution in [1.29, 1.82) is 0 Å². The molecule has 0 amide bonds. The Morgan fingerprint density at radius 2 is 2.25 bits per heavy atom. The van der Waals surface area contributed by atoms with Crippen LogP contribution in [0.3, 0.4) is 0 Å². The lowest BCUT2D eigenvalue weighted by molar-refractivity contribution is 0.112. The highest BCUT2D eigenvalue weighted by atomic mass is 79.9. The van der Waals surface area contributed by atoms with Crippen LogP contribution in [0.2, 0.25) is 0 Å². The molecule has 5 heteroatoms. The van der Waals surface area contributed by atoms with E-state index in [0.717, 1.165) is 10.9 Å². The monoisotopic (exact) mass is 285 g/mol. The van der Waals surface area contributed by atoms with Crippen molar-refractivity contribution in [2.75, 3.05) is 7.05 Å². The zero-order chi connectivity index (χ0) is 11.4. The number of hydrogen-bond donors (Lipinski definition) is 1. The average Bonchev–Trinajstić information content (AvgIpc) is 2.33. The van der Waals surface area contributed by atoms with E-state index in [0.29, 0.717) is 11.9 Å². The molecule has 1 aliphatic carbocycles. The third-order valence-corrected chi connectivity index (χ3v) is 3.51. The van der Waals surface area contributed by atoms with Crippen molar-refractivity contribution in [2.45, 2.75) is 37.8 Å². The van der Waals surface area contributed by atoms with Crippen LogP contribution < -0.4 is 10.1 Å². The molecule has 4 nitrogen and oxygen atoms in total. The molecule has 0 bridgehead atoms. The van der Waals surface area contributed by atoms with Gasteiger partial charge in [-0.1, -0.05) is 6.42 Å². The van der Waals surface area contributed by atoms with Gasteiger partial charge in [0.25, 0.3) is 0 Å². The van der Waals surface area contributed by atoms with Gasteiger partial charge in [0, 0.05) is 12.2 Å².